The molecule has 0 saturated carbocycles. The van der Waals surface area contributed by atoms with Crippen LogP contribution in [0.15, 0.2) is 0 Å². The van der Waals surface area contributed by atoms with E-state index in [0.717, 1.165) is 0 Å². The number of rotatable bonds is 6. The van der Waals surface area contributed by atoms with Crippen molar-refractivity contribution in [1.82, 2.24) is 4.31 Å². The Balaban J connectivity index is 2.92. The van der Waals surface area contributed by atoms with E-state index >= 15 is 0 Å². The van der Waals surface area contributed by atoms with Gasteiger partial charge in [-0.2, -0.15) is 4.31 Å². The predicted molar refractivity (Wildman–Crippen MR) is 66.7 cm³/mol. The van der Waals surface area contributed by atoms with Crippen molar-refractivity contribution in [1.29, 1.82) is 0 Å². The van der Waals surface area contributed by atoms with E-state index in [1.54, 1.807) is 6.92 Å². The van der Waals surface area contributed by atoms with Gasteiger partial charge in [-0.05, 0) is 5.92 Å². The summed E-state index contributed by atoms with van der Waals surface area (Å²) in [7, 11) is -3.43. The Hall–Kier alpha value is -0.660. The molecule has 2 unspecified atom stereocenters. The fraction of sp³-hybridized carbons (Fsp3) is 0.909. The van der Waals surface area contributed by atoms with Crippen molar-refractivity contribution in [3.8, 4) is 0 Å². The molecule has 6 nitrogen and oxygen atoms in total. The first-order valence-electron chi connectivity index (χ1n) is 6.09. The molecule has 0 bridgehead atoms. The van der Waals surface area contributed by atoms with Gasteiger partial charge in [-0.3, -0.25) is 4.79 Å². The quantitative estimate of drug-likeness (QED) is 0.760. The van der Waals surface area contributed by atoms with E-state index in [-0.39, 0.29) is 31.4 Å². The van der Waals surface area contributed by atoms with Gasteiger partial charge in [0.2, 0.25) is 10.0 Å². The largest absolute Gasteiger partial charge is 0.481 e. The lowest BCUT2D eigenvalue weighted by atomic mass is 10.0. The molecule has 1 heterocycles. The van der Waals surface area contributed by atoms with Gasteiger partial charge in [0.15, 0.2) is 0 Å². The van der Waals surface area contributed by atoms with Crippen molar-refractivity contribution in [3.63, 3.8) is 0 Å². The van der Waals surface area contributed by atoms with Crippen LogP contribution in [-0.4, -0.2) is 55.4 Å². The number of nitrogens with zero attached hydrogens (tertiary/aromatic N) is 1. The van der Waals surface area contributed by atoms with Crippen LogP contribution in [0, 0.1) is 11.8 Å². The lowest BCUT2D eigenvalue weighted by molar-refractivity contribution is -0.142. The van der Waals surface area contributed by atoms with Crippen molar-refractivity contribution in [2.75, 3.05) is 25.5 Å². The number of likely N-dealkylation sites (N-methyl/N-ethyl adjacent to an activating group) is 1. The molecular formula is C11H21NO5S. The standard InChI is InChI=1S/C11H21NO5S/c1-4-12(18(15,16)7-8(2)3)10-6-17-5-9(10)11(13)14/h8-10H,4-7H2,1-3H3,(H,13,14). The van der Waals surface area contributed by atoms with Gasteiger partial charge in [0.05, 0.1) is 30.9 Å². The maximum Gasteiger partial charge on any atom is 0.310 e. The Labute approximate surface area is 108 Å². The summed E-state index contributed by atoms with van der Waals surface area (Å²) in [5.74, 6) is -1.74. The first-order chi connectivity index (χ1) is 8.29. The number of carboxylic acid groups (broad SMARTS) is 1. The summed E-state index contributed by atoms with van der Waals surface area (Å²) in [4.78, 5) is 11.1. The number of ether oxygens (including phenoxy) is 1. The summed E-state index contributed by atoms with van der Waals surface area (Å²) in [6.45, 7) is 5.87. The highest BCUT2D eigenvalue weighted by Gasteiger charge is 2.42. The van der Waals surface area contributed by atoms with Crippen molar-refractivity contribution >= 4 is 16.0 Å². The van der Waals surface area contributed by atoms with E-state index in [4.69, 9.17) is 9.84 Å². The zero-order valence-electron chi connectivity index (χ0n) is 11.0. The molecule has 0 aromatic carbocycles. The molecule has 1 aliphatic heterocycles. The molecule has 7 heteroatoms. The Morgan fingerprint density at radius 3 is 2.50 bits per heavy atom. The topological polar surface area (TPSA) is 83.9 Å². The minimum atomic E-state index is -3.43. The minimum absolute atomic E-state index is 0.00893. The van der Waals surface area contributed by atoms with Crippen molar-refractivity contribution in [2.45, 2.75) is 26.8 Å². The van der Waals surface area contributed by atoms with Crippen molar-refractivity contribution < 1.29 is 23.1 Å². The molecule has 1 rings (SSSR count). The lowest BCUT2D eigenvalue weighted by Gasteiger charge is -2.29. The average molecular weight is 279 g/mol. The van der Waals surface area contributed by atoms with Crippen LogP contribution in [0.4, 0.5) is 0 Å². The van der Waals surface area contributed by atoms with Gasteiger partial charge in [-0.25, -0.2) is 8.42 Å². The maximum atomic E-state index is 12.2. The first-order valence-corrected chi connectivity index (χ1v) is 7.70. The van der Waals surface area contributed by atoms with Gasteiger partial charge >= 0.3 is 5.97 Å². The van der Waals surface area contributed by atoms with Crippen LogP contribution in [0.2, 0.25) is 0 Å². The number of carbonyl (C=O) groups is 1. The Kier molecular flexibility index (Phi) is 5.12. The summed E-state index contributed by atoms with van der Waals surface area (Å²) in [5, 5.41) is 9.07. The fourth-order valence-electron chi connectivity index (χ4n) is 2.22. The SMILES string of the molecule is CCN(C1COCC1C(=O)O)S(=O)(=O)CC(C)C. The van der Waals surface area contributed by atoms with E-state index in [1.807, 2.05) is 13.8 Å². The maximum absolute atomic E-state index is 12.2. The number of hydrogen-bond donors (Lipinski definition) is 1. The predicted octanol–water partition coefficient (Wildman–Crippen LogP) is 0.394. The molecule has 18 heavy (non-hydrogen) atoms. The second kappa shape index (κ2) is 5.99. The number of hydrogen-bond acceptors (Lipinski definition) is 4. The van der Waals surface area contributed by atoms with E-state index in [2.05, 4.69) is 0 Å². The van der Waals surface area contributed by atoms with Crippen molar-refractivity contribution in [2.24, 2.45) is 11.8 Å². The highest BCUT2D eigenvalue weighted by Crippen LogP contribution is 2.23. The van der Waals surface area contributed by atoms with Crippen LogP contribution in [0.5, 0.6) is 0 Å². The zero-order chi connectivity index (χ0) is 13.9. The molecule has 106 valence electrons. The van der Waals surface area contributed by atoms with Crippen LogP contribution in [-0.2, 0) is 19.6 Å². The van der Waals surface area contributed by atoms with Gasteiger partial charge in [0, 0.05) is 6.54 Å². The van der Waals surface area contributed by atoms with Crippen LogP contribution >= 0.6 is 0 Å². The van der Waals surface area contributed by atoms with E-state index < -0.39 is 28.0 Å². The van der Waals surface area contributed by atoms with Gasteiger partial charge < -0.3 is 9.84 Å². The molecule has 0 aromatic heterocycles. The molecule has 0 spiro atoms. The monoisotopic (exact) mass is 279 g/mol. The fourth-order valence-corrected chi connectivity index (χ4v) is 4.26. The molecule has 1 fully saturated rings. The van der Waals surface area contributed by atoms with Crippen LogP contribution in [0.1, 0.15) is 20.8 Å². The van der Waals surface area contributed by atoms with Gasteiger partial charge in [-0.1, -0.05) is 20.8 Å². The molecular weight excluding hydrogens is 258 g/mol. The van der Waals surface area contributed by atoms with Gasteiger partial charge in [0.25, 0.3) is 0 Å². The molecule has 0 aromatic rings. The lowest BCUT2D eigenvalue weighted by Crippen LogP contribution is -2.47. The summed E-state index contributed by atoms with van der Waals surface area (Å²) in [6.07, 6.45) is 0. The highest BCUT2D eigenvalue weighted by molar-refractivity contribution is 7.89. The third-order valence-electron chi connectivity index (χ3n) is 2.95. The Bertz CT molecular complexity index is 392. The van der Waals surface area contributed by atoms with E-state index in [0.29, 0.717) is 0 Å². The molecule has 1 N–H and O–H groups in total. The molecule has 1 saturated heterocycles. The summed E-state index contributed by atoms with van der Waals surface area (Å²) >= 11 is 0. The highest BCUT2D eigenvalue weighted by atomic mass is 32.2. The Morgan fingerprint density at radius 1 is 1.44 bits per heavy atom. The normalized spacial score (nSPS) is 24.9. The third-order valence-corrected chi connectivity index (χ3v) is 5.28. The second-order valence-electron chi connectivity index (χ2n) is 4.93. The Morgan fingerprint density at radius 2 is 2.06 bits per heavy atom. The number of carboxylic acids is 1. The summed E-state index contributed by atoms with van der Waals surface area (Å²) < 4.78 is 30.8. The average Bonchev–Trinajstić information content (AvgIpc) is 2.64. The smallest absolute Gasteiger partial charge is 0.310 e. The second-order valence-corrected chi connectivity index (χ2v) is 6.89. The molecule has 1 aliphatic rings. The van der Waals surface area contributed by atoms with Crippen LogP contribution in [0.25, 0.3) is 0 Å². The van der Waals surface area contributed by atoms with Crippen molar-refractivity contribution in [3.05, 3.63) is 0 Å². The minimum Gasteiger partial charge on any atom is -0.481 e. The van der Waals surface area contributed by atoms with Gasteiger partial charge in [-0.15, -0.1) is 0 Å². The summed E-state index contributed by atoms with van der Waals surface area (Å²) in [6, 6.07) is -0.587. The third kappa shape index (κ3) is 3.43. The van der Waals surface area contributed by atoms with E-state index in [9.17, 15) is 13.2 Å². The van der Waals surface area contributed by atoms with Crippen LogP contribution in [0.3, 0.4) is 0 Å². The van der Waals surface area contributed by atoms with Gasteiger partial charge in [0.1, 0.15) is 0 Å². The number of aliphatic carboxylic acids is 1. The molecule has 2 atom stereocenters. The first kappa shape index (κ1) is 15.4. The van der Waals surface area contributed by atoms with Crippen LogP contribution < -0.4 is 0 Å². The molecule has 0 amide bonds. The molecule has 0 aliphatic carbocycles. The summed E-state index contributed by atoms with van der Waals surface area (Å²) in [5.41, 5.74) is 0. The number of sulfonamides is 1. The van der Waals surface area contributed by atoms with E-state index in [1.165, 1.54) is 4.31 Å². The molecule has 0 radical (unpaired) electrons. The zero-order valence-corrected chi connectivity index (χ0v) is 11.8.